The standard InChI is InChI=1S/C14H20N2O3/c1-14(2,9-17)15(3)8-10-5-6-11-12(7-10)19-13(18)16(11)4/h5-7,17H,8-9H2,1-4H3. The number of aliphatic hydroxyl groups is 1. The monoisotopic (exact) mass is 264 g/mol. The van der Waals surface area contributed by atoms with Crippen LogP contribution in [0.1, 0.15) is 19.4 Å². The van der Waals surface area contributed by atoms with E-state index in [1.165, 1.54) is 4.57 Å². The normalized spacial score (nSPS) is 12.5. The van der Waals surface area contributed by atoms with Crippen molar-refractivity contribution in [2.24, 2.45) is 7.05 Å². The van der Waals surface area contributed by atoms with Crippen LogP contribution >= 0.6 is 0 Å². The van der Waals surface area contributed by atoms with Crippen molar-refractivity contribution in [3.63, 3.8) is 0 Å². The van der Waals surface area contributed by atoms with Gasteiger partial charge in [0.15, 0.2) is 5.58 Å². The third kappa shape index (κ3) is 2.57. The van der Waals surface area contributed by atoms with E-state index in [-0.39, 0.29) is 17.9 Å². The van der Waals surface area contributed by atoms with Crippen molar-refractivity contribution in [1.82, 2.24) is 9.47 Å². The van der Waals surface area contributed by atoms with E-state index in [2.05, 4.69) is 4.90 Å². The molecule has 0 saturated carbocycles. The number of nitrogens with zero attached hydrogens (tertiary/aromatic N) is 2. The van der Waals surface area contributed by atoms with Gasteiger partial charge < -0.3 is 9.52 Å². The molecular formula is C14H20N2O3. The summed E-state index contributed by atoms with van der Waals surface area (Å²) in [6, 6.07) is 5.73. The first-order valence-electron chi connectivity index (χ1n) is 6.26. The summed E-state index contributed by atoms with van der Waals surface area (Å²) in [4.78, 5) is 13.5. The second kappa shape index (κ2) is 4.83. The predicted octanol–water partition coefficient (Wildman–Crippen LogP) is 1.33. The highest BCUT2D eigenvalue weighted by molar-refractivity contribution is 5.73. The Kier molecular flexibility index (Phi) is 3.52. The zero-order valence-corrected chi connectivity index (χ0v) is 11.8. The van der Waals surface area contributed by atoms with Crippen molar-refractivity contribution in [2.75, 3.05) is 13.7 Å². The van der Waals surface area contributed by atoms with E-state index < -0.39 is 0 Å². The Bertz CT molecular complexity index is 640. The van der Waals surface area contributed by atoms with Gasteiger partial charge >= 0.3 is 5.76 Å². The van der Waals surface area contributed by atoms with Crippen molar-refractivity contribution in [1.29, 1.82) is 0 Å². The van der Waals surface area contributed by atoms with Crippen LogP contribution < -0.4 is 5.76 Å². The molecule has 1 heterocycles. The molecule has 5 nitrogen and oxygen atoms in total. The van der Waals surface area contributed by atoms with Crippen LogP contribution in [-0.2, 0) is 13.6 Å². The smallest absolute Gasteiger partial charge is 0.408 e. The van der Waals surface area contributed by atoms with E-state index in [9.17, 15) is 9.90 Å². The molecule has 2 aromatic rings. The molecule has 2 rings (SSSR count). The first kappa shape index (κ1) is 13.8. The average molecular weight is 264 g/mol. The lowest BCUT2D eigenvalue weighted by molar-refractivity contribution is 0.0734. The van der Waals surface area contributed by atoms with E-state index >= 15 is 0 Å². The van der Waals surface area contributed by atoms with Gasteiger partial charge in [0.1, 0.15) is 0 Å². The van der Waals surface area contributed by atoms with Gasteiger partial charge in [-0.1, -0.05) is 6.07 Å². The summed E-state index contributed by atoms with van der Waals surface area (Å²) < 4.78 is 6.66. The SMILES string of the molecule is CN(Cc1ccc2c(c1)oc(=O)n2C)C(C)(C)CO. The molecule has 104 valence electrons. The zero-order valence-electron chi connectivity index (χ0n) is 11.8. The number of hydrogen-bond donors (Lipinski definition) is 1. The number of hydrogen-bond acceptors (Lipinski definition) is 4. The highest BCUT2D eigenvalue weighted by atomic mass is 16.4. The van der Waals surface area contributed by atoms with Crippen molar-refractivity contribution in [2.45, 2.75) is 25.9 Å². The molecule has 1 N–H and O–H groups in total. The molecule has 0 aliphatic heterocycles. The Morgan fingerprint density at radius 2 is 2.11 bits per heavy atom. The van der Waals surface area contributed by atoms with Crippen molar-refractivity contribution < 1.29 is 9.52 Å². The fourth-order valence-corrected chi connectivity index (χ4v) is 1.89. The quantitative estimate of drug-likeness (QED) is 0.905. The van der Waals surface area contributed by atoms with Crippen LogP contribution in [-0.4, -0.2) is 33.8 Å². The zero-order chi connectivity index (χ0) is 14.2. The minimum Gasteiger partial charge on any atom is -0.408 e. The Labute approximate surface area is 112 Å². The van der Waals surface area contributed by atoms with Crippen LogP contribution in [0.5, 0.6) is 0 Å². The lowest BCUT2D eigenvalue weighted by Crippen LogP contribution is -2.43. The molecule has 1 aromatic heterocycles. The molecule has 1 aromatic carbocycles. The maximum Gasteiger partial charge on any atom is 0.419 e. The summed E-state index contributed by atoms with van der Waals surface area (Å²) in [6.45, 7) is 4.73. The Morgan fingerprint density at radius 3 is 2.74 bits per heavy atom. The van der Waals surface area contributed by atoms with Gasteiger partial charge in [0.05, 0.1) is 12.1 Å². The van der Waals surface area contributed by atoms with Gasteiger partial charge in [0.25, 0.3) is 0 Å². The predicted molar refractivity (Wildman–Crippen MR) is 74.1 cm³/mol. The maximum atomic E-state index is 11.4. The molecule has 19 heavy (non-hydrogen) atoms. The van der Waals surface area contributed by atoms with Crippen LogP contribution in [0.3, 0.4) is 0 Å². The topological polar surface area (TPSA) is 58.6 Å². The Balaban J connectivity index is 2.30. The fraction of sp³-hybridized carbons (Fsp3) is 0.500. The van der Waals surface area contributed by atoms with Gasteiger partial charge in [-0.3, -0.25) is 9.47 Å². The van der Waals surface area contributed by atoms with Crippen LogP contribution in [0.15, 0.2) is 27.4 Å². The van der Waals surface area contributed by atoms with Crippen LogP contribution in [0.2, 0.25) is 0 Å². The van der Waals surface area contributed by atoms with E-state index in [0.29, 0.717) is 12.1 Å². The Morgan fingerprint density at radius 1 is 1.42 bits per heavy atom. The average Bonchev–Trinajstić information content (AvgIpc) is 2.64. The third-order valence-corrected chi connectivity index (χ3v) is 3.70. The minimum atomic E-state index is -0.351. The molecular weight excluding hydrogens is 244 g/mol. The molecule has 0 amide bonds. The molecule has 0 saturated heterocycles. The summed E-state index contributed by atoms with van der Waals surface area (Å²) >= 11 is 0. The molecule has 0 radical (unpaired) electrons. The molecule has 0 aliphatic carbocycles. The van der Waals surface area contributed by atoms with Gasteiger partial charge in [0.2, 0.25) is 0 Å². The number of oxazole rings is 1. The van der Waals surface area contributed by atoms with Gasteiger partial charge in [0, 0.05) is 19.1 Å². The highest BCUT2D eigenvalue weighted by Gasteiger charge is 2.22. The molecule has 0 bridgehead atoms. The molecule has 0 atom stereocenters. The molecule has 5 heteroatoms. The van der Waals surface area contributed by atoms with E-state index in [1.54, 1.807) is 7.05 Å². The van der Waals surface area contributed by atoms with Gasteiger partial charge in [-0.2, -0.15) is 0 Å². The van der Waals surface area contributed by atoms with E-state index in [0.717, 1.165) is 11.1 Å². The van der Waals surface area contributed by atoms with E-state index in [1.807, 2.05) is 39.1 Å². The lowest BCUT2D eigenvalue weighted by atomic mass is 10.0. The summed E-state index contributed by atoms with van der Waals surface area (Å²) in [5.41, 5.74) is 2.15. The largest absolute Gasteiger partial charge is 0.419 e. The summed E-state index contributed by atoms with van der Waals surface area (Å²) in [7, 11) is 3.65. The number of aryl methyl sites for hydroxylation is 1. The van der Waals surface area contributed by atoms with Gasteiger partial charge in [-0.05, 0) is 38.6 Å². The summed E-state index contributed by atoms with van der Waals surface area (Å²) in [5, 5.41) is 9.35. The van der Waals surface area contributed by atoms with Crippen molar-refractivity contribution in [3.8, 4) is 0 Å². The highest BCUT2D eigenvalue weighted by Crippen LogP contribution is 2.19. The fourth-order valence-electron chi connectivity index (χ4n) is 1.89. The second-order valence-corrected chi connectivity index (χ2v) is 5.56. The second-order valence-electron chi connectivity index (χ2n) is 5.56. The summed E-state index contributed by atoms with van der Waals surface area (Å²) in [6.07, 6.45) is 0. The molecule has 0 unspecified atom stereocenters. The minimum absolute atomic E-state index is 0.0894. The number of rotatable bonds is 4. The van der Waals surface area contributed by atoms with Gasteiger partial charge in [-0.25, -0.2) is 4.79 Å². The number of aromatic nitrogens is 1. The molecule has 0 spiro atoms. The van der Waals surface area contributed by atoms with E-state index in [4.69, 9.17) is 4.42 Å². The summed E-state index contributed by atoms with van der Waals surface area (Å²) in [5.74, 6) is -0.351. The van der Waals surface area contributed by atoms with Crippen LogP contribution in [0, 0.1) is 0 Å². The van der Waals surface area contributed by atoms with Gasteiger partial charge in [-0.15, -0.1) is 0 Å². The number of aliphatic hydroxyl groups excluding tert-OH is 1. The Hall–Kier alpha value is -1.59. The molecule has 0 aliphatic rings. The lowest BCUT2D eigenvalue weighted by Gasteiger charge is -2.33. The number of likely N-dealkylation sites (N-methyl/N-ethyl adjacent to an activating group) is 1. The van der Waals surface area contributed by atoms with Crippen molar-refractivity contribution >= 4 is 11.1 Å². The number of benzene rings is 1. The number of fused-ring (bicyclic) bond motifs is 1. The molecule has 0 fully saturated rings. The first-order chi connectivity index (χ1) is 8.85. The van der Waals surface area contributed by atoms with Crippen molar-refractivity contribution in [3.05, 3.63) is 34.3 Å². The third-order valence-electron chi connectivity index (χ3n) is 3.70. The maximum absolute atomic E-state index is 11.4. The van der Waals surface area contributed by atoms with Crippen LogP contribution in [0.4, 0.5) is 0 Å². The first-order valence-corrected chi connectivity index (χ1v) is 6.26. The van der Waals surface area contributed by atoms with Crippen LogP contribution in [0.25, 0.3) is 11.1 Å².